The maximum absolute atomic E-state index is 12.7. The van der Waals surface area contributed by atoms with E-state index in [9.17, 15) is 4.79 Å². The number of allylic oxidation sites excluding steroid dienone is 1. The van der Waals surface area contributed by atoms with E-state index in [2.05, 4.69) is 6.58 Å². The summed E-state index contributed by atoms with van der Waals surface area (Å²) < 4.78 is 5.59. The minimum absolute atomic E-state index is 0.302. The van der Waals surface area contributed by atoms with Crippen LogP contribution in [0.15, 0.2) is 78.3 Å². The van der Waals surface area contributed by atoms with E-state index in [1.807, 2.05) is 81.4 Å². The van der Waals surface area contributed by atoms with Crippen LogP contribution in [0.1, 0.15) is 44.7 Å². The number of benzene rings is 2. The van der Waals surface area contributed by atoms with Crippen LogP contribution in [0.4, 0.5) is 0 Å². The summed E-state index contributed by atoms with van der Waals surface area (Å²) in [6.45, 7) is 9.37. The highest BCUT2D eigenvalue weighted by atomic mass is 16.6. The number of esters is 1. The first-order valence-electron chi connectivity index (χ1n) is 8.93. The predicted molar refractivity (Wildman–Crippen MR) is 108 cm³/mol. The molecule has 0 N–H and O–H groups in total. The monoisotopic (exact) mass is 349 g/mol. The average molecular weight is 349 g/mol. The highest BCUT2D eigenvalue weighted by molar-refractivity contribution is 6.13. The van der Waals surface area contributed by atoms with E-state index < -0.39 is 11.6 Å². The molecule has 2 aromatic rings. The number of ether oxygens (including phenoxy) is 1. The Morgan fingerprint density at radius 2 is 1.54 bits per heavy atom. The number of rotatable bonds is 7. The standard InChI is InChI=1S/C23H27NO2/c1-5-6-17-20(22(25)26-23(2,3)4)24-21(18-13-9-7-10-14-18)19-15-11-8-12-16-19/h5,7-16,20H,1,6,17H2,2-4H3. The van der Waals surface area contributed by atoms with E-state index in [0.717, 1.165) is 16.8 Å². The molecule has 0 saturated heterocycles. The predicted octanol–water partition coefficient (Wildman–Crippen LogP) is 5.20. The van der Waals surface area contributed by atoms with Gasteiger partial charge in [-0.05, 0) is 33.6 Å². The van der Waals surface area contributed by atoms with Crippen LogP contribution in [0.2, 0.25) is 0 Å². The Morgan fingerprint density at radius 3 is 1.96 bits per heavy atom. The Labute approximate surface area is 156 Å². The molecule has 26 heavy (non-hydrogen) atoms. The molecule has 0 fully saturated rings. The van der Waals surface area contributed by atoms with Crippen molar-refractivity contribution in [2.45, 2.75) is 45.3 Å². The number of aliphatic imine (C=N–C) groups is 1. The summed E-state index contributed by atoms with van der Waals surface area (Å²) >= 11 is 0. The van der Waals surface area contributed by atoms with E-state index in [4.69, 9.17) is 9.73 Å². The Bertz CT molecular complexity index is 701. The first kappa shape index (κ1) is 19.6. The number of carbonyl (C=O) groups is 1. The van der Waals surface area contributed by atoms with Gasteiger partial charge in [0.15, 0.2) is 0 Å². The van der Waals surface area contributed by atoms with Gasteiger partial charge in [-0.3, -0.25) is 4.99 Å². The molecular weight excluding hydrogens is 322 g/mol. The van der Waals surface area contributed by atoms with Gasteiger partial charge in [-0.15, -0.1) is 6.58 Å². The zero-order valence-corrected chi connectivity index (χ0v) is 15.8. The first-order chi connectivity index (χ1) is 12.4. The van der Waals surface area contributed by atoms with Gasteiger partial charge in [0, 0.05) is 11.1 Å². The largest absolute Gasteiger partial charge is 0.458 e. The molecule has 0 aliphatic rings. The molecule has 2 rings (SSSR count). The molecule has 0 heterocycles. The van der Waals surface area contributed by atoms with E-state index in [0.29, 0.717) is 12.8 Å². The topological polar surface area (TPSA) is 38.7 Å². The second-order valence-corrected chi connectivity index (χ2v) is 7.13. The summed E-state index contributed by atoms with van der Waals surface area (Å²) in [5.74, 6) is -0.302. The summed E-state index contributed by atoms with van der Waals surface area (Å²) in [6, 6.07) is 19.3. The Hall–Kier alpha value is -2.68. The van der Waals surface area contributed by atoms with Gasteiger partial charge in [-0.25, -0.2) is 4.79 Å². The molecular formula is C23H27NO2. The summed E-state index contributed by atoms with van der Waals surface area (Å²) in [6.07, 6.45) is 3.07. The minimum Gasteiger partial charge on any atom is -0.458 e. The van der Waals surface area contributed by atoms with Crippen molar-refractivity contribution in [2.75, 3.05) is 0 Å². The molecule has 0 aromatic heterocycles. The molecule has 0 radical (unpaired) electrons. The van der Waals surface area contributed by atoms with Crippen molar-refractivity contribution in [1.82, 2.24) is 0 Å². The molecule has 0 amide bonds. The minimum atomic E-state index is -0.567. The smallest absolute Gasteiger partial charge is 0.331 e. The molecule has 0 saturated carbocycles. The van der Waals surface area contributed by atoms with Crippen LogP contribution in [-0.2, 0) is 9.53 Å². The quantitative estimate of drug-likeness (QED) is 0.391. The fourth-order valence-electron chi connectivity index (χ4n) is 2.54. The molecule has 1 atom stereocenters. The lowest BCUT2D eigenvalue weighted by molar-refractivity contribution is -0.156. The zero-order valence-electron chi connectivity index (χ0n) is 15.8. The fraction of sp³-hybridized carbons (Fsp3) is 0.304. The zero-order chi connectivity index (χ0) is 19.0. The van der Waals surface area contributed by atoms with Crippen LogP contribution in [0.3, 0.4) is 0 Å². The lowest BCUT2D eigenvalue weighted by atomic mass is 10.0. The second kappa shape index (κ2) is 9.14. The van der Waals surface area contributed by atoms with Crippen LogP contribution in [0.5, 0.6) is 0 Å². The highest BCUT2D eigenvalue weighted by Gasteiger charge is 2.25. The average Bonchev–Trinajstić information content (AvgIpc) is 2.62. The van der Waals surface area contributed by atoms with Crippen molar-refractivity contribution >= 4 is 11.7 Å². The van der Waals surface area contributed by atoms with Crippen LogP contribution in [0, 0.1) is 0 Å². The van der Waals surface area contributed by atoms with Gasteiger partial charge in [-0.1, -0.05) is 66.7 Å². The molecule has 3 nitrogen and oxygen atoms in total. The van der Waals surface area contributed by atoms with Crippen molar-refractivity contribution in [3.8, 4) is 0 Å². The molecule has 0 spiro atoms. The van der Waals surface area contributed by atoms with Crippen LogP contribution >= 0.6 is 0 Å². The third kappa shape index (κ3) is 5.99. The van der Waals surface area contributed by atoms with E-state index in [1.165, 1.54) is 0 Å². The second-order valence-electron chi connectivity index (χ2n) is 7.13. The van der Waals surface area contributed by atoms with Crippen LogP contribution in [-0.4, -0.2) is 23.3 Å². The molecule has 1 unspecified atom stereocenters. The number of carbonyl (C=O) groups excluding carboxylic acids is 1. The normalized spacial score (nSPS) is 12.1. The van der Waals surface area contributed by atoms with Gasteiger partial charge in [0.1, 0.15) is 11.6 Å². The van der Waals surface area contributed by atoms with Gasteiger partial charge >= 0.3 is 5.97 Å². The SMILES string of the molecule is C=CCCC(N=C(c1ccccc1)c1ccccc1)C(=O)OC(C)(C)C. The Kier molecular flexibility index (Phi) is 6.90. The molecule has 0 aliphatic heterocycles. The van der Waals surface area contributed by atoms with Gasteiger partial charge in [0.25, 0.3) is 0 Å². The first-order valence-corrected chi connectivity index (χ1v) is 8.93. The van der Waals surface area contributed by atoms with Crippen molar-refractivity contribution in [3.05, 3.63) is 84.4 Å². The van der Waals surface area contributed by atoms with Crippen molar-refractivity contribution in [2.24, 2.45) is 4.99 Å². The number of hydrogen-bond donors (Lipinski definition) is 0. The maximum atomic E-state index is 12.7. The fourth-order valence-corrected chi connectivity index (χ4v) is 2.54. The lowest BCUT2D eigenvalue weighted by Crippen LogP contribution is -2.31. The maximum Gasteiger partial charge on any atom is 0.331 e. The van der Waals surface area contributed by atoms with Crippen LogP contribution in [0.25, 0.3) is 0 Å². The lowest BCUT2D eigenvalue weighted by Gasteiger charge is -2.23. The van der Waals surface area contributed by atoms with E-state index in [1.54, 1.807) is 6.08 Å². The van der Waals surface area contributed by atoms with Crippen molar-refractivity contribution < 1.29 is 9.53 Å². The van der Waals surface area contributed by atoms with Crippen molar-refractivity contribution in [1.29, 1.82) is 0 Å². The van der Waals surface area contributed by atoms with Crippen molar-refractivity contribution in [3.63, 3.8) is 0 Å². The third-order valence-corrected chi connectivity index (χ3v) is 3.70. The van der Waals surface area contributed by atoms with Gasteiger partial charge < -0.3 is 4.74 Å². The summed E-state index contributed by atoms with van der Waals surface area (Å²) in [7, 11) is 0. The third-order valence-electron chi connectivity index (χ3n) is 3.70. The van der Waals surface area contributed by atoms with Crippen LogP contribution < -0.4 is 0 Å². The summed E-state index contributed by atoms with van der Waals surface area (Å²) in [4.78, 5) is 17.5. The summed E-state index contributed by atoms with van der Waals surface area (Å²) in [5, 5.41) is 0. The molecule has 3 heteroatoms. The van der Waals surface area contributed by atoms with E-state index in [-0.39, 0.29) is 5.97 Å². The number of hydrogen-bond acceptors (Lipinski definition) is 3. The van der Waals surface area contributed by atoms with Gasteiger partial charge in [0.2, 0.25) is 0 Å². The summed E-state index contributed by atoms with van der Waals surface area (Å²) in [5.41, 5.74) is 2.21. The van der Waals surface area contributed by atoms with Gasteiger partial charge in [0.05, 0.1) is 5.71 Å². The Balaban J connectivity index is 2.45. The van der Waals surface area contributed by atoms with E-state index >= 15 is 0 Å². The van der Waals surface area contributed by atoms with Gasteiger partial charge in [-0.2, -0.15) is 0 Å². The molecule has 0 aliphatic carbocycles. The molecule has 0 bridgehead atoms. The molecule has 2 aromatic carbocycles. The Morgan fingerprint density at radius 1 is 1.04 bits per heavy atom. The number of nitrogens with zero attached hydrogens (tertiary/aromatic N) is 1. The molecule has 136 valence electrons. The highest BCUT2D eigenvalue weighted by Crippen LogP contribution is 2.17.